The number of nitrogens with zero attached hydrogens (tertiary/aromatic N) is 2. The van der Waals surface area contributed by atoms with Crippen molar-refractivity contribution in [1.29, 1.82) is 0 Å². The molecule has 0 spiro atoms. The summed E-state index contributed by atoms with van der Waals surface area (Å²) < 4.78 is 31.7. The van der Waals surface area contributed by atoms with Crippen molar-refractivity contribution in [3.8, 4) is 0 Å². The maximum absolute atomic E-state index is 12.7. The van der Waals surface area contributed by atoms with Crippen LogP contribution in [0.1, 0.15) is 17.3 Å². The first kappa shape index (κ1) is 19.9. The number of rotatable bonds is 6. The lowest BCUT2D eigenvalue weighted by molar-refractivity contribution is 0.0570. The van der Waals surface area contributed by atoms with E-state index in [1.807, 2.05) is 0 Å². The molecule has 9 heteroatoms. The van der Waals surface area contributed by atoms with E-state index < -0.39 is 10.0 Å². The van der Waals surface area contributed by atoms with Gasteiger partial charge in [0.1, 0.15) is 0 Å². The fourth-order valence-electron chi connectivity index (χ4n) is 2.54. The van der Waals surface area contributed by atoms with Crippen molar-refractivity contribution in [2.45, 2.75) is 11.8 Å². The SMILES string of the molecule is C=CCNS(=O)(=O)c1cccc(C(=O)N2CCN(C(=O)OCC)CC2)c1. The molecular weight excluding hydrogens is 358 g/mol. The molecule has 0 saturated carbocycles. The van der Waals surface area contributed by atoms with Crippen LogP contribution in [0.4, 0.5) is 4.79 Å². The smallest absolute Gasteiger partial charge is 0.409 e. The van der Waals surface area contributed by atoms with Crippen LogP contribution >= 0.6 is 0 Å². The Hall–Kier alpha value is -2.39. The van der Waals surface area contributed by atoms with Gasteiger partial charge in [-0.1, -0.05) is 12.1 Å². The van der Waals surface area contributed by atoms with E-state index in [4.69, 9.17) is 4.74 Å². The van der Waals surface area contributed by atoms with Gasteiger partial charge in [-0.2, -0.15) is 0 Å². The highest BCUT2D eigenvalue weighted by Gasteiger charge is 2.26. The van der Waals surface area contributed by atoms with E-state index in [1.54, 1.807) is 22.8 Å². The molecule has 0 bridgehead atoms. The van der Waals surface area contributed by atoms with Gasteiger partial charge in [-0.25, -0.2) is 17.9 Å². The molecule has 2 amide bonds. The summed E-state index contributed by atoms with van der Waals surface area (Å²) in [6.07, 6.45) is 1.05. The molecule has 2 rings (SSSR count). The average Bonchev–Trinajstić information content (AvgIpc) is 2.66. The molecule has 0 aliphatic carbocycles. The molecule has 142 valence electrons. The van der Waals surface area contributed by atoms with Gasteiger partial charge in [0.25, 0.3) is 5.91 Å². The van der Waals surface area contributed by atoms with Crippen LogP contribution < -0.4 is 4.72 Å². The van der Waals surface area contributed by atoms with E-state index in [0.717, 1.165) is 0 Å². The van der Waals surface area contributed by atoms with Gasteiger partial charge in [0.05, 0.1) is 11.5 Å². The molecule has 0 radical (unpaired) electrons. The zero-order valence-electron chi connectivity index (χ0n) is 14.7. The number of benzene rings is 1. The number of sulfonamides is 1. The predicted octanol–water partition coefficient (Wildman–Crippen LogP) is 1.07. The Balaban J connectivity index is 2.06. The van der Waals surface area contributed by atoms with Crippen molar-refractivity contribution < 1.29 is 22.7 Å². The third-order valence-corrected chi connectivity index (χ3v) is 5.32. The number of carbonyl (C=O) groups is 2. The maximum Gasteiger partial charge on any atom is 0.409 e. The Morgan fingerprint density at radius 1 is 1.23 bits per heavy atom. The summed E-state index contributed by atoms with van der Waals surface area (Å²) in [6.45, 7) is 7.11. The van der Waals surface area contributed by atoms with Crippen LogP contribution in [-0.4, -0.2) is 69.5 Å². The molecule has 1 aliphatic rings. The fourth-order valence-corrected chi connectivity index (χ4v) is 3.58. The lowest BCUT2D eigenvalue weighted by Crippen LogP contribution is -2.50. The Labute approximate surface area is 153 Å². The van der Waals surface area contributed by atoms with E-state index in [2.05, 4.69) is 11.3 Å². The second-order valence-electron chi connectivity index (χ2n) is 5.65. The van der Waals surface area contributed by atoms with Crippen LogP contribution in [0.25, 0.3) is 0 Å². The van der Waals surface area contributed by atoms with Gasteiger partial charge in [0.2, 0.25) is 10.0 Å². The third-order valence-electron chi connectivity index (χ3n) is 3.90. The largest absolute Gasteiger partial charge is 0.450 e. The molecule has 1 saturated heterocycles. The number of ether oxygens (including phenoxy) is 1. The summed E-state index contributed by atoms with van der Waals surface area (Å²) in [7, 11) is -3.70. The minimum absolute atomic E-state index is 0.0235. The molecule has 26 heavy (non-hydrogen) atoms. The van der Waals surface area contributed by atoms with Crippen LogP contribution in [0, 0.1) is 0 Å². The lowest BCUT2D eigenvalue weighted by Gasteiger charge is -2.34. The lowest BCUT2D eigenvalue weighted by atomic mass is 10.2. The zero-order valence-corrected chi connectivity index (χ0v) is 15.5. The van der Waals surface area contributed by atoms with Crippen molar-refractivity contribution in [1.82, 2.24) is 14.5 Å². The molecule has 1 heterocycles. The summed E-state index contributed by atoms with van der Waals surface area (Å²) >= 11 is 0. The molecule has 1 aliphatic heterocycles. The second kappa shape index (κ2) is 8.81. The van der Waals surface area contributed by atoms with E-state index in [9.17, 15) is 18.0 Å². The molecule has 1 aromatic rings. The van der Waals surface area contributed by atoms with E-state index >= 15 is 0 Å². The summed E-state index contributed by atoms with van der Waals surface area (Å²) in [6, 6.07) is 5.89. The van der Waals surface area contributed by atoms with Crippen molar-refractivity contribution in [2.75, 3.05) is 39.3 Å². The first-order valence-corrected chi connectivity index (χ1v) is 9.79. The molecule has 0 aromatic heterocycles. The van der Waals surface area contributed by atoms with Crippen LogP contribution in [0.3, 0.4) is 0 Å². The molecule has 0 atom stereocenters. The van der Waals surface area contributed by atoms with E-state index in [-0.39, 0.29) is 29.0 Å². The number of hydrogen-bond acceptors (Lipinski definition) is 5. The Morgan fingerprint density at radius 2 is 1.88 bits per heavy atom. The fraction of sp³-hybridized carbons (Fsp3) is 0.412. The summed E-state index contributed by atoms with van der Waals surface area (Å²) in [4.78, 5) is 27.5. The Bertz CT molecular complexity index is 770. The first-order valence-electron chi connectivity index (χ1n) is 8.30. The van der Waals surface area contributed by atoms with Crippen molar-refractivity contribution in [2.24, 2.45) is 0 Å². The van der Waals surface area contributed by atoms with E-state index in [0.29, 0.717) is 32.8 Å². The molecule has 0 unspecified atom stereocenters. The summed E-state index contributed by atoms with van der Waals surface area (Å²) in [5.41, 5.74) is 0.288. The summed E-state index contributed by atoms with van der Waals surface area (Å²) in [5.74, 6) is -0.269. The highest BCUT2D eigenvalue weighted by Crippen LogP contribution is 2.15. The molecular formula is C17H23N3O5S. The average molecular weight is 381 g/mol. The van der Waals surface area contributed by atoms with Gasteiger partial charge in [-0.15, -0.1) is 6.58 Å². The number of piperazine rings is 1. The maximum atomic E-state index is 12.7. The summed E-state index contributed by atoms with van der Waals surface area (Å²) in [5, 5.41) is 0. The highest BCUT2D eigenvalue weighted by molar-refractivity contribution is 7.89. The molecule has 1 aromatic carbocycles. The molecule has 8 nitrogen and oxygen atoms in total. The van der Waals surface area contributed by atoms with Gasteiger partial charge in [0.15, 0.2) is 0 Å². The van der Waals surface area contributed by atoms with Gasteiger partial charge in [-0.05, 0) is 25.1 Å². The van der Waals surface area contributed by atoms with Gasteiger partial charge >= 0.3 is 6.09 Å². The number of carbonyl (C=O) groups excluding carboxylic acids is 2. The standard InChI is InChI=1S/C17H23N3O5S/c1-3-8-18-26(23,24)15-7-5-6-14(13-15)16(21)19-9-11-20(12-10-19)17(22)25-4-2/h3,5-7,13,18H,1,4,8-12H2,2H3. The molecule has 1 N–H and O–H groups in total. The van der Waals surface area contributed by atoms with Crippen LogP contribution in [0.5, 0.6) is 0 Å². The predicted molar refractivity (Wildman–Crippen MR) is 96.3 cm³/mol. The van der Waals surface area contributed by atoms with Gasteiger partial charge in [0, 0.05) is 38.3 Å². The van der Waals surface area contributed by atoms with Gasteiger partial charge in [-0.3, -0.25) is 4.79 Å². The third kappa shape index (κ3) is 4.83. The zero-order chi connectivity index (χ0) is 19.2. The van der Waals surface area contributed by atoms with Gasteiger partial charge < -0.3 is 14.5 Å². The number of nitrogens with one attached hydrogen (secondary N) is 1. The van der Waals surface area contributed by atoms with Crippen molar-refractivity contribution in [3.63, 3.8) is 0 Å². The quantitative estimate of drug-likeness (QED) is 0.744. The van der Waals surface area contributed by atoms with Crippen LogP contribution in [0.2, 0.25) is 0 Å². The number of amides is 2. The van der Waals surface area contributed by atoms with Crippen LogP contribution in [-0.2, 0) is 14.8 Å². The first-order chi connectivity index (χ1) is 12.4. The number of hydrogen-bond donors (Lipinski definition) is 1. The minimum Gasteiger partial charge on any atom is -0.450 e. The normalized spacial score (nSPS) is 14.8. The van der Waals surface area contributed by atoms with Crippen LogP contribution in [0.15, 0.2) is 41.8 Å². The Morgan fingerprint density at radius 3 is 2.50 bits per heavy atom. The minimum atomic E-state index is -3.70. The van der Waals surface area contributed by atoms with Crippen molar-refractivity contribution in [3.05, 3.63) is 42.5 Å². The monoisotopic (exact) mass is 381 g/mol. The topological polar surface area (TPSA) is 96.0 Å². The van der Waals surface area contributed by atoms with E-state index in [1.165, 1.54) is 24.3 Å². The Kier molecular flexibility index (Phi) is 6.76. The van der Waals surface area contributed by atoms with Crippen molar-refractivity contribution >= 4 is 22.0 Å². The highest BCUT2D eigenvalue weighted by atomic mass is 32.2. The molecule has 1 fully saturated rings. The second-order valence-corrected chi connectivity index (χ2v) is 7.41.